The molecular formula is C24H26N2OS. The minimum absolute atomic E-state index is 0.0775. The first-order chi connectivity index (χ1) is 13.4. The van der Waals surface area contributed by atoms with Gasteiger partial charge in [-0.05, 0) is 66.0 Å². The summed E-state index contributed by atoms with van der Waals surface area (Å²) in [6.07, 6.45) is 4.89. The number of nitrogens with zero attached hydrogens (tertiary/aromatic N) is 1. The fourth-order valence-corrected chi connectivity index (χ4v) is 4.36. The second kappa shape index (κ2) is 7.51. The number of hydrogen-bond acceptors (Lipinski definition) is 3. The summed E-state index contributed by atoms with van der Waals surface area (Å²) in [5, 5.41) is 5.59. The molecule has 2 aromatic carbocycles. The maximum absolute atomic E-state index is 12.6. The molecule has 1 N–H and O–H groups in total. The van der Waals surface area contributed by atoms with Gasteiger partial charge in [-0.3, -0.25) is 10.1 Å². The van der Waals surface area contributed by atoms with E-state index in [1.807, 2.05) is 29.6 Å². The van der Waals surface area contributed by atoms with Gasteiger partial charge in [-0.15, -0.1) is 11.3 Å². The molecule has 1 heterocycles. The molecule has 0 radical (unpaired) electrons. The lowest BCUT2D eigenvalue weighted by molar-refractivity contribution is 0.102. The first-order valence-electron chi connectivity index (χ1n) is 9.90. The molecule has 28 heavy (non-hydrogen) atoms. The van der Waals surface area contributed by atoms with Gasteiger partial charge in [-0.25, -0.2) is 4.98 Å². The summed E-state index contributed by atoms with van der Waals surface area (Å²) in [5.41, 5.74) is 6.92. The number of aromatic nitrogens is 1. The second-order valence-corrected chi connectivity index (χ2v) is 9.37. The Hall–Kier alpha value is -2.46. The number of aryl methyl sites for hydroxylation is 2. The highest BCUT2D eigenvalue weighted by atomic mass is 32.1. The SMILES string of the molecule is CC(C)(C)c1ccc(C(=O)Nc2nc(-c3ccc4c(c3)CCCC4)cs2)cc1. The highest BCUT2D eigenvalue weighted by molar-refractivity contribution is 7.14. The molecule has 3 aromatic rings. The summed E-state index contributed by atoms with van der Waals surface area (Å²) in [6.45, 7) is 6.50. The maximum Gasteiger partial charge on any atom is 0.257 e. The Kier molecular flexibility index (Phi) is 5.07. The van der Waals surface area contributed by atoms with E-state index < -0.39 is 0 Å². The summed E-state index contributed by atoms with van der Waals surface area (Å²) in [6, 6.07) is 14.5. The summed E-state index contributed by atoms with van der Waals surface area (Å²) in [4.78, 5) is 17.2. The molecule has 0 fully saturated rings. The Bertz CT molecular complexity index is 996. The van der Waals surface area contributed by atoms with Crippen molar-refractivity contribution < 1.29 is 4.79 Å². The summed E-state index contributed by atoms with van der Waals surface area (Å²) in [7, 11) is 0. The van der Waals surface area contributed by atoms with Gasteiger partial charge in [0.1, 0.15) is 0 Å². The van der Waals surface area contributed by atoms with Crippen LogP contribution in [0.5, 0.6) is 0 Å². The van der Waals surface area contributed by atoms with Gasteiger partial charge in [0.25, 0.3) is 5.91 Å². The highest BCUT2D eigenvalue weighted by Crippen LogP contribution is 2.30. The topological polar surface area (TPSA) is 42.0 Å². The highest BCUT2D eigenvalue weighted by Gasteiger charge is 2.16. The molecule has 3 nitrogen and oxygen atoms in total. The van der Waals surface area contributed by atoms with E-state index in [-0.39, 0.29) is 11.3 Å². The van der Waals surface area contributed by atoms with Crippen LogP contribution < -0.4 is 5.32 Å². The van der Waals surface area contributed by atoms with E-state index in [9.17, 15) is 4.79 Å². The number of fused-ring (bicyclic) bond motifs is 1. The molecule has 1 amide bonds. The average Bonchev–Trinajstić information content (AvgIpc) is 3.15. The van der Waals surface area contributed by atoms with Crippen molar-refractivity contribution in [3.8, 4) is 11.3 Å². The van der Waals surface area contributed by atoms with Crippen LogP contribution in [0.2, 0.25) is 0 Å². The molecule has 0 saturated carbocycles. The van der Waals surface area contributed by atoms with Crippen LogP contribution in [-0.2, 0) is 18.3 Å². The molecule has 0 spiro atoms. The third-order valence-electron chi connectivity index (χ3n) is 5.38. The van der Waals surface area contributed by atoms with Crippen LogP contribution in [0.1, 0.15) is 60.7 Å². The number of hydrogen-bond donors (Lipinski definition) is 1. The Morgan fingerprint density at radius 3 is 2.43 bits per heavy atom. The molecule has 0 unspecified atom stereocenters. The van der Waals surface area contributed by atoms with Gasteiger partial charge in [0.15, 0.2) is 5.13 Å². The fourth-order valence-electron chi connectivity index (χ4n) is 3.65. The van der Waals surface area contributed by atoms with Crippen LogP contribution in [0.3, 0.4) is 0 Å². The number of amides is 1. The van der Waals surface area contributed by atoms with Gasteiger partial charge in [0.2, 0.25) is 0 Å². The van der Waals surface area contributed by atoms with Crippen LogP contribution in [-0.4, -0.2) is 10.9 Å². The number of rotatable bonds is 3. The molecule has 1 aliphatic carbocycles. The lowest BCUT2D eigenvalue weighted by Crippen LogP contribution is -2.14. The average molecular weight is 391 g/mol. The van der Waals surface area contributed by atoms with E-state index in [4.69, 9.17) is 0 Å². The number of carbonyl (C=O) groups excluding carboxylic acids is 1. The monoisotopic (exact) mass is 390 g/mol. The van der Waals surface area contributed by atoms with Crippen molar-refractivity contribution in [3.63, 3.8) is 0 Å². The van der Waals surface area contributed by atoms with E-state index in [1.165, 1.54) is 47.3 Å². The van der Waals surface area contributed by atoms with Crippen LogP contribution in [0, 0.1) is 0 Å². The van der Waals surface area contributed by atoms with Gasteiger partial charge in [-0.2, -0.15) is 0 Å². The first-order valence-corrected chi connectivity index (χ1v) is 10.8. The van der Waals surface area contributed by atoms with Gasteiger partial charge < -0.3 is 0 Å². The molecule has 144 valence electrons. The maximum atomic E-state index is 12.6. The van der Waals surface area contributed by atoms with Gasteiger partial charge in [0, 0.05) is 16.5 Å². The Morgan fingerprint density at radius 1 is 1.00 bits per heavy atom. The van der Waals surface area contributed by atoms with Crippen molar-refractivity contribution in [2.45, 2.75) is 51.9 Å². The number of thiazole rings is 1. The number of nitrogens with one attached hydrogen (secondary N) is 1. The van der Waals surface area contributed by atoms with Crippen LogP contribution >= 0.6 is 11.3 Å². The first kappa shape index (κ1) is 18.9. The molecule has 0 atom stereocenters. The minimum Gasteiger partial charge on any atom is -0.298 e. The smallest absolute Gasteiger partial charge is 0.257 e. The lowest BCUT2D eigenvalue weighted by atomic mass is 9.87. The molecule has 0 saturated heterocycles. The molecule has 0 bridgehead atoms. The minimum atomic E-state index is -0.119. The van der Waals surface area contributed by atoms with Crippen molar-refractivity contribution in [2.75, 3.05) is 5.32 Å². The second-order valence-electron chi connectivity index (χ2n) is 8.51. The normalized spacial score (nSPS) is 13.8. The van der Waals surface area contributed by atoms with Crippen LogP contribution in [0.15, 0.2) is 47.8 Å². The molecule has 4 rings (SSSR count). The Balaban J connectivity index is 1.48. The predicted molar refractivity (Wildman–Crippen MR) is 117 cm³/mol. The van der Waals surface area contributed by atoms with Crippen molar-refractivity contribution in [1.82, 2.24) is 4.98 Å². The number of anilines is 1. The molecule has 1 aliphatic rings. The van der Waals surface area contributed by atoms with E-state index >= 15 is 0 Å². The van der Waals surface area contributed by atoms with E-state index in [0.29, 0.717) is 10.7 Å². The predicted octanol–water partition coefficient (Wildman–Crippen LogP) is 6.24. The summed E-state index contributed by atoms with van der Waals surface area (Å²) < 4.78 is 0. The zero-order valence-corrected chi connectivity index (χ0v) is 17.5. The largest absolute Gasteiger partial charge is 0.298 e. The van der Waals surface area contributed by atoms with Crippen LogP contribution in [0.25, 0.3) is 11.3 Å². The quantitative estimate of drug-likeness (QED) is 0.575. The number of carbonyl (C=O) groups is 1. The summed E-state index contributed by atoms with van der Waals surface area (Å²) in [5.74, 6) is -0.119. The van der Waals surface area contributed by atoms with Crippen LogP contribution in [0.4, 0.5) is 5.13 Å². The van der Waals surface area contributed by atoms with Crippen molar-refractivity contribution in [3.05, 3.63) is 70.1 Å². The van der Waals surface area contributed by atoms with Crippen molar-refractivity contribution in [1.29, 1.82) is 0 Å². The Morgan fingerprint density at radius 2 is 1.71 bits per heavy atom. The standard InChI is InChI=1S/C24H26N2OS/c1-24(2,3)20-12-10-17(11-13-20)22(27)26-23-25-21(15-28-23)19-9-8-16-6-4-5-7-18(16)14-19/h8-15H,4-7H2,1-3H3,(H,25,26,27). The van der Waals surface area contributed by atoms with Gasteiger partial charge in [-0.1, -0.05) is 45.0 Å². The van der Waals surface area contributed by atoms with E-state index in [1.54, 1.807) is 0 Å². The Labute approximate surface area is 170 Å². The molecule has 4 heteroatoms. The molecule has 0 aliphatic heterocycles. The van der Waals surface area contributed by atoms with E-state index in [0.717, 1.165) is 17.7 Å². The lowest BCUT2D eigenvalue weighted by Gasteiger charge is -2.18. The third kappa shape index (κ3) is 4.02. The third-order valence-corrected chi connectivity index (χ3v) is 6.14. The van der Waals surface area contributed by atoms with Gasteiger partial charge >= 0.3 is 0 Å². The van der Waals surface area contributed by atoms with Crippen molar-refractivity contribution >= 4 is 22.4 Å². The molecule has 1 aromatic heterocycles. The zero-order chi connectivity index (χ0) is 19.7. The zero-order valence-electron chi connectivity index (χ0n) is 16.7. The van der Waals surface area contributed by atoms with E-state index in [2.05, 4.69) is 49.3 Å². The van der Waals surface area contributed by atoms with Crippen molar-refractivity contribution in [2.24, 2.45) is 0 Å². The fraction of sp³-hybridized carbons (Fsp3) is 0.333. The molecular weight excluding hydrogens is 364 g/mol. The summed E-state index contributed by atoms with van der Waals surface area (Å²) >= 11 is 1.47. The van der Waals surface area contributed by atoms with Gasteiger partial charge in [0.05, 0.1) is 5.69 Å². The number of benzene rings is 2.